The second kappa shape index (κ2) is 4.09. The Kier molecular flexibility index (Phi) is 2.70. The van der Waals surface area contributed by atoms with Gasteiger partial charge in [-0.1, -0.05) is 11.3 Å². The lowest BCUT2D eigenvalue weighted by Crippen LogP contribution is -2.55. The molecule has 3 heterocycles. The van der Waals surface area contributed by atoms with Crippen LogP contribution in [0.15, 0.2) is 3.92 Å². The number of hydrogen-bond donors (Lipinski definition) is 1. The van der Waals surface area contributed by atoms with Gasteiger partial charge in [-0.3, -0.25) is 4.90 Å². The molecule has 2 atom stereocenters. The molecule has 2 aliphatic rings. The predicted molar refractivity (Wildman–Crippen MR) is 66.5 cm³/mol. The summed E-state index contributed by atoms with van der Waals surface area (Å²) in [5.41, 5.74) is 0. The molecule has 2 unspecified atom stereocenters. The van der Waals surface area contributed by atoms with E-state index in [4.69, 9.17) is 5.11 Å². The molecule has 3 rings (SSSR count). The van der Waals surface area contributed by atoms with Crippen molar-refractivity contribution in [2.75, 3.05) is 18.0 Å². The monoisotopic (exact) mass is 318 g/mol. The molecule has 0 aliphatic carbocycles. The molecule has 92 valence electrons. The third-order valence-electron chi connectivity index (χ3n) is 3.36. The van der Waals surface area contributed by atoms with E-state index in [0.29, 0.717) is 0 Å². The van der Waals surface area contributed by atoms with E-state index in [-0.39, 0.29) is 12.1 Å². The number of hydrogen-bond acceptors (Lipinski definition) is 5. The van der Waals surface area contributed by atoms with Gasteiger partial charge in [0.2, 0.25) is 5.13 Å². The Bertz CT molecular complexity index is 440. The molecule has 0 radical (unpaired) electrons. The number of carboxylic acid groups (broad SMARTS) is 1. The van der Waals surface area contributed by atoms with Crippen LogP contribution in [0, 0.1) is 0 Å². The number of rotatable bonds is 1. The lowest BCUT2D eigenvalue weighted by atomic mass is 10.2. The zero-order chi connectivity index (χ0) is 12.0. The molecule has 0 saturated carbocycles. The van der Waals surface area contributed by atoms with Crippen LogP contribution in [0.2, 0.25) is 0 Å². The fourth-order valence-electron chi connectivity index (χ4n) is 2.70. The smallest absolute Gasteiger partial charge is 0.407 e. The zero-order valence-corrected chi connectivity index (χ0v) is 11.3. The van der Waals surface area contributed by atoms with Crippen molar-refractivity contribution in [3.8, 4) is 0 Å². The minimum absolute atomic E-state index is 0.105. The maximum Gasteiger partial charge on any atom is 0.407 e. The Labute approximate surface area is 110 Å². The van der Waals surface area contributed by atoms with Crippen LogP contribution in [-0.2, 0) is 0 Å². The molecular weight excluding hydrogens is 308 g/mol. The highest BCUT2D eigenvalue weighted by Gasteiger charge is 2.43. The van der Waals surface area contributed by atoms with Crippen LogP contribution in [0.25, 0.3) is 0 Å². The topological polar surface area (TPSA) is 69.6 Å². The van der Waals surface area contributed by atoms with E-state index < -0.39 is 6.09 Å². The number of aromatic nitrogens is 2. The van der Waals surface area contributed by atoms with Crippen LogP contribution in [0.4, 0.5) is 9.93 Å². The molecule has 2 saturated heterocycles. The zero-order valence-electron chi connectivity index (χ0n) is 8.91. The lowest BCUT2D eigenvalue weighted by Gasteiger charge is -2.39. The van der Waals surface area contributed by atoms with E-state index >= 15 is 0 Å². The Morgan fingerprint density at radius 2 is 2.00 bits per heavy atom. The molecule has 1 aromatic heterocycles. The summed E-state index contributed by atoms with van der Waals surface area (Å²) in [5.74, 6) is 0. The molecule has 0 aromatic carbocycles. The number of piperazine rings is 1. The number of carbonyl (C=O) groups is 1. The van der Waals surface area contributed by atoms with Gasteiger partial charge in [0.15, 0.2) is 3.92 Å². The van der Waals surface area contributed by atoms with Gasteiger partial charge in [-0.2, -0.15) is 0 Å². The van der Waals surface area contributed by atoms with E-state index in [2.05, 4.69) is 31.0 Å². The minimum Gasteiger partial charge on any atom is -0.465 e. The van der Waals surface area contributed by atoms with Gasteiger partial charge in [0, 0.05) is 13.1 Å². The average molecular weight is 319 g/mol. The molecule has 2 fully saturated rings. The number of fused-ring (bicyclic) bond motifs is 2. The first kappa shape index (κ1) is 11.2. The maximum absolute atomic E-state index is 11.1. The normalized spacial score (nSPS) is 27.6. The van der Waals surface area contributed by atoms with Crippen molar-refractivity contribution >= 4 is 38.5 Å². The molecule has 6 nitrogen and oxygen atoms in total. The van der Waals surface area contributed by atoms with Gasteiger partial charge < -0.3 is 10.0 Å². The second-order valence-corrected chi connectivity index (χ2v) is 6.55. The number of amides is 1. The van der Waals surface area contributed by atoms with Crippen molar-refractivity contribution in [2.24, 2.45) is 0 Å². The predicted octanol–water partition coefficient (Wildman–Crippen LogP) is 1.63. The van der Waals surface area contributed by atoms with Gasteiger partial charge in [0.1, 0.15) is 0 Å². The summed E-state index contributed by atoms with van der Waals surface area (Å²) in [4.78, 5) is 14.9. The average Bonchev–Trinajstić information content (AvgIpc) is 2.81. The SMILES string of the molecule is O=C(O)N1C2CCC1CN(c1nnc(Br)s1)C2. The Morgan fingerprint density at radius 1 is 1.35 bits per heavy atom. The van der Waals surface area contributed by atoms with Crippen molar-refractivity contribution in [2.45, 2.75) is 24.9 Å². The first-order chi connectivity index (χ1) is 8.15. The van der Waals surface area contributed by atoms with Crippen molar-refractivity contribution < 1.29 is 9.90 Å². The Balaban J connectivity index is 1.80. The summed E-state index contributed by atoms with van der Waals surface area (Å²) in [7, 11) is 0. The molecule has 1 aromatic rings. The summed E-state index contributed by atoms with van der Waals surface area (Å²) in [5, 5.41) is 18.0. The number of nitrogens with zero attached hydrogens (tertiary/aromatic N) is 4. The fourth-order valence-corrected chi connectivity index (χ4v) is 3.80. The van der Waals surface area contributed by atoms with Crippen LogP contribution >= 0.6 is 27.3 Å². The Hall–Kier alpha value is -0.890. The van der Waals surface area contributed by atoms with Gasteiger partial charge in [-0.25, -0.2) is 4.79 Å². The molecule has 0 spiro atoms. The van der Waals surface area contributed by atoms with Gasteiger partial charge in [0.05, 0.1) is 12.1 Å². The van der Waals surface area contributed by atoms with Crippen LogP contribution in [0.5, 0.6) is 0 Å². The summed E-state index contributed by atoms with van der Waals surface area (Å²) in [6.07, 6.45) is 1.11. The molecule has 17 heavy (non-hydrogen) atoms. The molecule has 2 bridgehead atoms. The quantitative estimate of drug-likeness (QED) is 0.852. The molecule has 1 amide bonds. The summed E-state index contributed by atoms with van der Waals surface area (Å²) < 4.78 is 0.764. The van der Waals surface area contributed by atoms with Crippen LogP contribution in [0.1, 0.15) is 12.8 Å². The van der Waals surface area contributed by atoms with Gasteiger partial charge in [-0.05, 0) is 28.8 Å². The Morgan fingerprint density at radius 3 is 2.47 bits per heavy atom. The largest absolute Gasteiger partial charge is 0.465 e. The van der Waals surface area contributed by atoms with E-state index in [1.54, 1.807) is 4.90 Å². The first-order valence-electron chi connectivity index (χ1n) is 5.40. The number of halogens is 1. The summed E-state index contributed by atoms with van der Waals surface area (Å²) in [6.45, 7) is 1.45. The summed E-state index contributed by atoms with van der Waals surface area (Å²) in [6, 6.07) is 0.211. The minimum atomic E-state index is -0.796. The highest BCUT2D eigenvalue weighted by Crippen LogP contribution is 2.34. The van der Waals surface area contributed by atoms with Crippen molar-refractivity contribution in [1.82, 2.24) is 15.1 Å². The van der Waals surface area contributed by atoms with Crippen molar-refractivity contribution in [3.05, 3.63) is 3.92 Å². The second-order valence-electron chi connectivity index (χ2n) is 4.32. The van der Waals surface area contributed by atoms with E-state index in [1.807, 2.05) is 0 Å². The fraction of sp³-hybridized carbons (Fsp3) is 0.667. The van der Waals surface area contributed by atoms with Gasteiger partial charge in [-0.15, -0.1) is 10.2 Å². The van der Waals surface area contributed by atoms with Crippen LogP contribution in [-0.4, -0.2) is 51.5 Å². The van der Waals surface area contributed by atoms with E-state index in [1.165, 1.54) is 11.3 Å². The first-order valence-corrected chi connectivity index (χ1v) is 7.01. The number of anilines is 1. The highest BCUT2D eigenvalue weighted by molar-refractivity contribution is 9.11. The van der Waals surface area contributed by atoms with E-state index in [0.717, 1.165) is 35.0 Å². The third-order valence-corrected chi connectivity index (χ3v) is 4.78. The van der Waals surface area contributed by atoms with Crippen LogP contribution in [0.3, 0.4) is 0 Å². The maximum atomic E-state index is 11.1. The van der Waals surface area contributed by atoms with Crippen molar-refractivity contribution in [1.29, 1.82) is 0 Å². The van der Waals surface area contributed by atoms with Crippen molar-refractivity contribution in [3.63, 3.8) is 0 Å². The van der Waals surface area contributed by atoms with Gasteiger partial charge in [0.25, 0.3) is 0 Å². The third kappa shape index (κ3) is 1.89. The standard InChI is InChI=1S/C9H11BrN4O2S/c10-7-11-12-8(17-7)13-3-5-1-2-6(4-13)14(5)9(15)16/h5-6H,1-4H2,(H,15,16). The molecule has 2 aliphatic heterocycles. The molecule has 1 N–H and O–H groups in total. The van der Waals surface area contributed by atoms with Gasteiger partial charge >= 0.3 is 6.09 Å². The lowest BCUT2D eigenvalue weighted by molar-refractivity contribution is 0.115. The van der Waals surface area contributed by atoms with Crippen LogP contribution < -0.4 is 4.90 Å². The molecular formula is C9H11BrN4O2S. The summed E-state index contributed by atoms with van der Waals surface area (Å²) >= 11 is 4.78. The highest BCUT2D eigenvalue weighted by atomic mass is 79.9. The molecule has 8 heteroatoms. The van der Waals surface area contributed by atoms with E-state index in [9.17, 15) is 4.79 Å².